The fourth-order valence-electron chi connectivity index (χ4n) is 3.94. The van der Waals surface area contributed by atoms with E-state index in [1.54, 1.807) is 18.6 Å². The molecule has 0 atom stereocenters. The minimum absolute atomic E-state index is 0.100. The van der Waals surface area contributed by atoms with Crippen LogP contribution >= 0.6 is 0 Å². The van der Waals surface area contributed by atoms with Crippen LogP contribution in [0, 0.1) is 20.8 Å². The van der Waals surface area contributed by atoms with Crippen molar-refractivity contribution >= 4 is 16.9 Å². The Balaban J connectivity index is 2.16. The van der Waals surface area contributed by atoms with E-state index < -0.39 is 11.2 Å². The summed E-state index contributed by atoms with van der Waals surface area (Å²) in [6.45, 7) is 5.93. The number of hydrogen-bond donors (Lipinski definition) is 1. The standard InChI is InChI=1S/C21H25N5O4/c1-12-7-8-16(30-5)15(11-12)25-13(2)14(3)26-17-18(22-20(25)26)23(4)21(29)24(19(17)28)9-6-10-27/h7-8,11,27H,6,9-10H2,1-5H3. The van der Waals surface area contributed by atoms with Crippen LogP contribution < -0.4 is 16.0 Å². The van der Waals surface area contributed by atoms with Crippen molar-refractivity contribution in [2.24, 2.45) is 7.05 Å². The molecule has 0 radical (unpaired) electrons. The van der Waals surface area contributed by atoms with Gasteiger partial charge >= 0.3 is 5.69 Å². The molecule has 4 aromatic rings. The number of fused-ring (bicyclic) bond motifs is 3. The number of imidazole rings is 2. The summed E-state index contributed by atoms with van der Waals surface area (Å²) in [5.41, 5.74) is 3.44. The van der Waals surface area contributed by atoms with E-state index in [2.05, 4.69) is 0 Å². The quantitative estimate of drug-likeness (QED) is 0.536. The number of aliphatic hydroxyl groups excluding tert-OH is 1. The zero-order valence-electron chi connectivity index (χ0n) is 17.8. The summed E-state index contributed by atoms with van der Waals surface area (Å²) in [5.74, 6) is 1.22. The Morgan fingerprint density at radius 2 is 1.87 bits per heavy atom. The second-order valence-corrected chi connectivity index (χ2v) is 7.48. The Morgan fingerprint density at radius 1 is 1.13 bits per heavy atom. The van der Waals surface area contributed by atoms with Crippen molar-refractivity contribution in [2.45, 2.75) is 33.7 Å². The van der Waals surface area contributed by atoms with Gasteiger partial charge in [0.15, 0.2) is 11.2 Å². The predicted octanol–water partition coefficient (Wildman–Crippen LogP) is 1.45. The summed E-state index contributed by atoms with van der Waals surface area (Å²) in [6, 6.07) is 5.87. The van der Waals surface area contributed by atoms with Gasteiger partial charge in [-0.2, -0.15) is 4.98 Å². The molecule has 4 rings (SSSR count). The molecule has 0 aliphatic rings. The molecule has 0 saturated heterocycles. The van der Waals surface area contributed by atoms with Crippen LogP contribution in [0.2, 0.25) is 0 Å². The largest absolute Gasteiger partial charge is 0.495 e. The fourth-order valence-corrected chi connectivity index (χ4v) is 3.94. The van der Waals surface area contributed by atoms with Gasteiger partial charge in [0.1, 0.15) is 5.75 Å². The molecule has 0 amide bonds. The Hall–Kier alpha value is -3.33. The molecule has 3 heterocycles. The van der Waals surface area contributed by atoms with Crippen molar-refractivity contribution in [2.75, 3.05) is 13.7 Å². The lowest BCUT2D eigenvalue weighted by Crippen LogP contribution is -2.39. The maximum Gasteiger partial charge on any atom is 0.332 e. The fraction of sp³-hybridized carbons (Fsp3) is 0.381. The van der Waals surface area contributed by atoms with E-state index in [4.69, 9.17) is 14.8 Å². The summed E-state index contributed by atoms with van der Waals surface area (Å²) < 4.78 is 11.9. The van der Waals surface area contributed by atoms with Crippen molar-refractivity contribution in [3.63, 3.8) is 0 Å². The smallest absolute Gasteiger partial charge is 0.332 e. The number of benzene rings is 1. The van der Waals surface area contributed by atoms with Crippen LogP contribution in [0.4, 0.5) is 0 Å². The van der Waals surface area contributed by atoms with E-state index in [1.165, 1.54) is 4.57 Å². The van der Waals surface area contributed by atoms with Gasteiger partial charge in [-0.05, 0) is 44.9 Å². The average Bonchev–Trinajstić information content (AvgIpc) is 3.22. The highest BCUT2D eigenvalue weighted by molar-refractivity contribution is 5.77. The van der Waals surface area contributed by atoms with Gasteiger partial charge in [-0.25, -0.2) is 4.79 Å². The second-order valence-electron chi connectivity index (χ2n) is 7.48. The van der Waals surface area contributed by atoms with Gasteiger partial charge < -0.3 is 9.84 Å². The average molecular weight is 411 g/mol. The van der Waals surface area contributed by atoms with Crippen molar-refractivity contribution in [1.82, 2.24) is 23.1 Å². The number of nitrogens with zero attached hydrogens (tertiary/aromatic N) is 5. The van der Waals surface area contributed by atoms with Gasteiger partial charge in [0, 0.05) is 31.6 Å². The van der Waals surface area contributed by atoms with Gasteiger partial charge in [-0.3, -0.25) is 22.9 Å². The normalized spacial score (nSPS) is 11.7. The molecule has 1 aromatic carbocycles. The molecule has 3 aromatic heterocycles. The van der Waals surface area contributed by atoms with Crippen molar-refractivity contribution in [1.29, 1.82) is 0 Å². The highest BCUT2D eigenvalue weighted by atomic mass is 16.5. The molecule has 9 nitrogen and oxygen atoms in total. The zero-order valence-corrected chi connectivity index (χ0v) is 17.8. The number of aromatic nitrogens is 5. The van der Waals surface area contributed by atoms with Crippen molar-refractivity contribution < 1.29 is 9.84 Å². The van der Waals surface area contributed by atoms with E-state index in [1.807, 2.05) is 43.5 Å². The third-order valence-corrected chi connectivity index (χ3v) is 5.63. The lowest BCUT2D eigenvalue weighted by molar-refractivity contribution is 0.277. The van der Waals surface area contributed by atoms with E-state index in [9.17, 15) is 9.59 Å². The molecule has 30 heavy (non-hydrogen) atoms. The number of ether oxygens (including phenoxy) is 1. The molecule has 0 aliphatic heterocycles. The maximum atomic E-state index is 13.2. The van der Waals surface area contributed by atoms with E-state index in [0.29, 0.717) is 29.1 Å². The predicted molar refractivity (Wildman–Crippen MR) is 114 cm³/mol. The summed E-state index contributed by atoms with van der Waals surface area (Å²) in [7, 11) is 3.22. The first-order valence-corrected chi connectivity index (χ1v) is 9.77. The topological polar surface area (TPSA) is 95.7 Å². The van der Waals surface area contributed by atoms with Crippen molar-refractivity contribution in [3.05, 3.63) is 56.0 Å². The van der Waals surface area contributed by atoms with Crippen molar-refractivity contribution in [3.8, 4) is 11.4 Å². The highest BCUT2D eigenvalue weighted by Crippen LogP contribution is 2.30. The highest BCUT2D eigenvalue weighted by Gasteiger charge is 2.24. The molecule has 0 spiro atoms. The molecule has 0 aliphatic carbocycles. The number of hydrogen-bond acceptors (Lipinski definition) is 5. The summed E-state index contributed by atoms with van der Waals surface area (Å²) >= 11 is 0. The van der Waals surface area contributed by atoms with Crippen LogP contribution in [-0.4, -0.2) is 41.9 Å². The number of rotatable bonds is 5. The van der Waals surface area contributed by atoms with E-state index in [0.717, 1.165) is 27.2 Å². The molecule has 158 valence electrons. The lowest BCUT2D eigenvalue weighted by atomic mass is 10.2. The van der Waals surface area contributed by atoms with E-state index >= 15 is 0 Å². The molecule has 0 saturated carbocycles. The number of aliphatic hydroxyl groups is 1. The summed E-state index contributed by atoms with van der Waals surface area (Å²) in [6.07, 6.45) is 0.322. The Morgan fingerprint density at radius 3 is 2.53 bits per heavy atom. The molecule has 9 heteroatoms. The Labute approximate surface area is 172 Å². The van der Waals surface area contributed by atoms with Crippen LogP contribution in [0.5, 0.6) is 5.75 Å². The molecule has 0 fully saturated rings. The van der Waals surface area contributed by atoms with Gasteiger partial charge in [-0.15, -0.1) is 0 Å². The Kier molecular flexibility index (Phi) is 4.77. The van der Waals surface area contributed by atoms with Crippen LogP contribution in [0.3, 0.4) is 0 Å². The number of aryl methyl sites for hydroxylation is 3. The second kappa shape index (κ2) is 7.17. The third kappa shape index (κ3) is 2.69. The minimum atomic E-state index is -0.448. The zero-order chi connectivity index (χ0) is 21.7. The molecule has 1 N–H and O–H groups in total. The molecular weight excluding hydrogens is 386 g/mol. The van der Waals surface area contributed by atoms with E-state index in [-0.39, 0.29) is 13.2 Å². The van der Waals surface area contributed by atoms with Crippen LogP contribution in [0.1, 0.15) is 23.4 Å². The first-order valence-electron chi connectivity index (χ1n) is 9.77. The van der Waals surface area contributed by atoms with Gasteiger partial charge in [0.05, 0.1) is 12.8 Å². The van der Waals surface area contributed by atoms with Gasteiger partial charge in [0.2, 0.25) is 5.78 Å². The molecule has 0 unspecified atom stereocenters. The minimum Gasteiger partial charge on any atom is -0.495 e. The first kappa shape index (κ1) is 20.0. The molecular formula is C21H25N5O4. The van der Waals surface area contributed by atoms with Crippen LogP contribution in [0.15, 0.2) is 27.8 Å². The summed E-state index contributed by atoms with van der Waals surface area (Å²) in [5, 5.41) is 9.15. The third-order valence-electron chi connectivity index (χ3n) is 5.63. The first-order chi connectivity index (χ1) is 14.3. The van der Waals surface area contributed by atoms with Crippen LogP contribution in [0.25, 0.3) is 22.6 Å². The SMILES string of the molecule is COc1ccc(C)cc1-n1c(C)c(C)n2c3c(=O)n(CCCO)c(=O)n(C)c3nc12. The number of methoxy groups -OCH3 is 1. The van der Waals surface area contributed by atoms with Gasteiger partial charge in [0.25, 0.3) is 5.56 Å². The van der Waals surface area contributed by atoms with Gasteiger partial charge in [-0.1, -0.05) is 6.07 Å². The lowest BCUT2D eigenvalue weighted by Gasteiger charge is -2.12. The molecule has 0 bridgehead atoms. The monoisotopic (exact) mass is 411 g/mol. The summed E-state index contributed by atoms with van der Waals surface area (Å²) in [4.78, 5) is 30.7. The van der Waals surface area contributed by atoms with Crippen LogP contribution in [-0.2, 0) is 13.6 Å². The maximum absolute atomic E-state index is 13.2. The Bertz CT molecular complexity index is 1400.